The molecule has 3 unspecified atom stereocenters. The zero-order valence-electron chi connectivity index (χ0n) is 7.07. The number of rotatable bonds is 3. The first-order valence-electron chi connectivity index (χ1n) is 3.74. The predicted molar refractivity (Wildman–Crippen MR) is 49.5 cm³/mol. The largest absolute Gasteiger partial charge is 0.364 e. The van der Waals surface area contributed by atoms with Crippen molar-refractivity contribution in [1.29, 1.82) is 0 Å². The second kappa shape index (κ2) is 4.41. The van der Waals surface area contributed by atoms with E-state index in [1.54, 1.807) is 0 Å². The number of alkyl halides is 2. The van der Waals surface area contributed by atoms with Crippen LogP contribution in [0.25, 0.3) is 0 Å². The highest BCUT2D eigenvalue weighted by atomic mass is 31.0. The highest BCUT2D eigenvalue weighted by molar-refractivity contribution is 7.10. The van der Waals surface area contributed by atoms with Crippen molar-refractivity contribution in [1.82, 2.24) is 0 Å². The molecule has 0 saturated carbocycles. The first kappa shape index (κ1) is 11.7. The fourth-order valence-corrected chi connectivity index (χ4v) is 1.85. The van der Waals surface area contributed by atoms with E-state index in [-0.39, 0.29) is 6.61 Å². The fourth-order valence-electron chi connectivity index (χ4n) is 1.30. The number of hydrogen-bond donors (Lipinski definition) is 0. The van der Waals surface area contributed by atoms with Gasteiger partial charge in [0.25, 0.3) is 0 Å². The van der Waals surface area contributed by atoms with Gasteiger partial charge in [0.2, 0.25) is 0 Å². The molecule has 1 heterocycles. The van der Waals surface area contributed by atoms with Gasteiger partial charge in [-0.1, -0.05) is 0 Å². The summed E-state index contributed by atoms with van der Waals surface area (Å²) in [5, 5.41) is 0. The molecule has 7 heteroatoms. The van der Waals surface area contributed by atoms with Crippen molar-refractivity contribution in [2.24, 2.45) is 0 Å². The van der Waals surface area contributed by atoms with Gasteiger partial charge < -0.3 is 13.8 Å². The molecule has 1 aliphatic heterocycles. The molecule has 0 aromatic heterocycles. The SMILES string of the molecule is CC1O[C@H](COP)[C@H](OP)C1(F)F. The lowest BCUT2D eigenvalue weighted by atomic mass is 10.1. The Hall–Kier alpha value is 0.600. The van der Waals surface area contributed by atoms with Gasteiger partial charge >= 0.3 is 5.92 Å². The third-order valence-electron chi connectivity index (χ3n) is 2.05. The second-order valence-electron chi connectivity index (χ2n) is 2.88. The summed E-state index contributed by atoms with van der Waals surface area (Å²) in [5.74, 6) is -2.96. The Morgan fingerprint density at radius 2 is 2.08 bits per heavy atom. The quantitative estimate of drug-likeness (QED) is 0.688. The Bertz CT molecular complexity index is 181. The summed E-state index contributed by atoms with van der Waals surface area (Å²) < 4.78 is 40.8. The first-order chi connectivity index (χ1) is 6.04. The first-order valence-corrected chi connectivity index (χ1v) is 4.68. The van der Waals surface area contributed by atoms with Crippen LogP contribution in [0.4, 0.5) is 8.78 Å². The molecule has 0 bridgehead atoms. The summed E-state index contributed by atoms with van der Waals surface area (Å²) in [7, 11) is 3.82. The van der Waals surface area contributed by atoms with Crippen molar-refractivity contribution in [3.05, 3.63) is 0 Å². The molecule has 1 saturated heterocycles. The van der Waals surface area contributed by atoms with Gasteiger partial charge in [-0.3, -0.25) is 0 Å². The Morgan fingerprint density at radius 1 is 1.46 bits per heavy atom. The van der Waals surface area contributed by atoms with Gasteiger partial charge in [-0.05, 0) is 6.92 Å². The molecular weight excluding hydrogens is 220 g/mol. The number of hydrogen-bond acceptors (Lipinski definition) is 3. The van der Waals surface area contributed by atoms with Crippen molar-refractivity contribution >= 4 is 18.9 Å². The molecule has 0 spiro atoms. The number of ether oxygens (including phenoxy) is 1. The molecule has 0 aromatic rings. The highest BCUT2D eigenvalue weighted by Gasteiger charge is 2.57. The summed E-state index contributed by atoms with van der Waals surface area (Å²) in [4.78, 5) is 0. The van der Waals surface area contributed by atoms with Gasteiger partial charge in [-0.25, -0.2) is 8.78 Å². The molecule has 13 heavy (non-hydrogen) atoms. The Balaban J connectivity index is 2.70. The van der Waals surface area contributed by atoms with Crippen molar-refractivity contribution in [2.75, 3.05) is 6.61 Å². The number of halogens is 2. The Labute approximate surface area is 80.1 Å². The third-order valence-corrected chi connectivity index (χ3v) is 2.53. The standard InChI is InChI=1S/C6H12F2O3P2/c1-3-6(7,8)5(11-13)4(10-3)2-9-12/h3-5H,2,12-13H2,1H3/t3?,4-,5+/m1/s1. The summed E-state index contributed by atoms with van der Waals surface area (Å²) in [5.41, 5.74) is 0. The second-order valence-corrected chi connectivity index (χ2v) is 3.49. The van der Waals surface area contributed by atoms with Gasteiger partial charge in [0.05, 0.1) is 6.61 Å². The van der Waals surface area contributed by atoms with E-state index in [9.17, 15) is 8.78 Å². The van der Waals surface area contributed by atoms with Crippen molar-refractivity contribution in [3.8, 4) is 0 Å². The van der Waals surface area contributed by atoms with Crippen LogP contribution in [0, 0.1) is 0 Å². The maximum atomic E-state index is 13.3. The predicted octanol–water partition coefficient (Wildman–Crippen LogP) is 1.39. The molecule has 3 nitrogen and oxygen atoms in total. The van der Waals surface area contributed by atoms with Gasteiger partial charge in [0.15, 0.2) is 6.10 Å². The molecule has 0 aromatic carbocycles. The molecule has 1 rings (SSSR count). The normalized spacial score (nSPS) is 38.1. The fraction of sp³-hybridized carbons (Fsp3) is 1.00. The van der Waals surface area contributed by atoms with Gasteiger partial charge in [0.1, 0.15) is 12.2 Å². The molecule has 0 radical (unpaired) electrons. The maximum Gasteiger partial charge on any atom is 0.301 e. The average Bonchev–Trinajstić information content (AvgIpc) is 2.24. The lowest BCUT2D eigenvalue weighted by molar-refractivity contribution is -0.0942. The van der Waals surface area contributed by atoms with E-state index in [1.165, 1.54) is 6.92 Å². The van der Waals surface area contributed by atoms with Gasteiger partial charge in [-0.2, -0.15) is 0 Å². The van der Waals surface area contributed by atoms with Crippen LogP contribution in [0.1, 0.15) is 6.92 Å². The van der Waals surface area contributed by atoms with E-state index in [0.717, 1.165) is 0 Å². The smallest absolute Gasteiger partial charge is 0.301 e. The van der Waals surface area contributed by atoms with E-state index >= 15 is 0 Å². The van der Waals surface area contributed by atoms with E-state index in [0.29, 0.717) is 0 Å². The van der Waals surface area contributed by atoms with Crippen molar-refractivity contribution in [3.63, 3.8) is 0 Å². The average molecular weight is 232 g/mol. The van der Waals surface area contributed by atoms with Crippen molar-refractivity contribution < 1.29 is 22.6 Å². The third kappa shape index (κ3) is 2.16. The van der Waals surface area contributed by atoms with Crippen LogP contribution in [0.3, 0.4) is 0 Å². The summed E-state index contributed by atoms with van der Waals surface area (Å²) >= 11 is 0. The Morgan fingerprint density at radius 3 is 2.54 bits per heavy atom. The van der Waals surface area contributed by atoms with Crippen LogP contribution in [-0.4, -0.2) is 30.8 Å². The van der Waals surface area contributed by atoms with Crippen LogP contribution in [0.2, 0.25) is 0 Å². The minimum absolute atomic E-state index is 0.0731. The Kier molecular flexibility index (Phi) is 3.96. The van der Waals surface area contributed by atoms with E-state index < -0.39 is 24.2 Å². The zero-order chi connectivity index (χ0) is 10.1. The highest BCUT2D eigenvalue weighted by Crippen LogP contribution is 2.39. The summed E-state index contributed by atoms with van der Waals surface area (Å²) in [6.07, 6.45) is -3.11. The molecule has 0 N–H and O–H groups in total. The lowest BCUT2D eigenvalue weighted by Crippen LogP contribution is -2.40. The zero-order valence-corrected chi connectivity index (χ0v) is 9.38. The van der Waals surface area contributed by atoms with Crippen LogP contribution < -0.4 is 0 Å². The minimum Gasteiger partial charge on any atom is -0.364 e. The van der Waals surface area contributed by atoms with E-state index in [1.807, 2.05) is 18.9 Å². The van der Waals surface area contributed by atoms with E-state index in [4.69, 9.17) is 4.74 Å². The van der Waals surface area contributed by atoms with Gasteiger partial charge in [0, 0.05) is 18.9 Å². The lowest BCUT2D eigenvalue weighted by Gasteiger charge is -2.20. The molecule has 0 aliphatic carbocycles. The summed E-state index contributed by atoms with van der Waals surface area (Å²) in [6, 6.07) is 0. The molecular formula is C6H12F2O3P2. The summed E-state index contributed by atoms with van der Waals surface area (Å²) in [6.45, 7) is 1.39. The van der Waals surface area contributed by atoms with Gasteiger partial charge in [-0.15, -0.1) is 0 Å². The van der Waals surface area contributed by atoms with Crippen LogP contribution >= 0.6 is 18.9 Å². The minimum atomic E-state index is -2.96. The molecule has 5 atom stereocenters. The van der Waals surface area contributed by atoms with Crippen LogP contribution in [0.5, 0.6) is 0 Å². The topological polar surface area (TPSA) is 27.7 Å². The maximum absolute atomic E-state index is 13.3. The monoisotopic (exact) mass is 232 g/mol. The van der Waals surface area contributed by atoms with Crippen LogP contribution in [-0.2, 0) is 13.8 Å². The van der Waals surface area contributed by atoms with E-state index in [2.05, 4.69) is 9.05 Å². The molecule has 0 amide bonds. The van der Waals surface area contributed by atoms with Crippen molar-refractivity contribution in [2.45, 2.75) is 31.2 Å². The van der Waals surface area contributed by atoms with Crippen LogP contribution in [0.15, 0.2) is 0 Å². The molecule has 1 aliphatic rings. The molecule has 78 valence electrons. The molecule has 1 fully saturated rings.